The lowest BCUT2D eigenvalue weighted by molar-refractivity contribution is -0.445. The number of aryl methyl sites for hydroxylation is 1. The molecule has 0 amide bonds. The third-order valence-electron chi connectivity index (χ3n) is 2.37. The minimum absolute atomic E-state index is 0.178. The standard InChI is InChI=1S/C7H8O3S.C5H10F3NO/c1-6-2-4-7(5-3-6)11(8,9)10;1-2-4(9)3-10-5(6,7)8/h2-5H,1H3,(H,8,9,10);4H,2-3,9H2,1H3. The van der Waals surface area contributed by atoms with Gasteiger partial charge in [-0.3, -0.25) is 4.74 Å². The smallest absolute Gasteiger partial charge is 0.522 e. The molecule has 21 heavy (non-hydrogen) atoms. The molecule has 0 aliphatic heterocycles. The van der Waals surface area contributed by atoms with Crippen LogP contribution in [0.3, 0.4) is 0 Å². The van der Waals surface area contributed by atoms with Crippen LogP contribution in [-0.4, -0.2) is 32.0 Å². The summed E-state index contributed by atoms with van der Waals surface area (Å²) in [7, 11) is -4.27. The Morgan fingerprint density at radius 1 is 1.29 bits per heavy atom. The molecule has 0 heterocycles. The molecule has 0 radical (unpaired) electrons. The van der Waals surface area contributed by atoms with Gasteiger partial charge in [0.05, 0.1) is 4.90 Å². The minimum atomic E-state index is -4.51. The van der Waals surface area contributed by atoms with E-state index in [9.17, 15) is 26.1 Å². The van der Waals surface area contributed by atoms with Crippen LogP contribution in [0, 0.1) is 6.92 Å². The van der Waals surface area contributed by atoms with Crippen LogP contribution in [0.15, 0.2) is 29.2 Å². The molecule has 0 aromatic heterocycles. The van der Waals surface area contributed by atoms with Gasteiger partial charge < -0.3 is 10.3 Å². The number of rotatable bonds is 4. The highest BCUT2D eigenvalue weighted by Gasteiger charge is 2.30. The van der Waals surface area contributed by atoms with Crippen LogP contribution in [0.5, 0.6) is 0 Å². The third-order valence-corrected chi connectivity index (χ3v) is 3.22. The molecule has 1 rings (SSSR count). The normalized spacial score (nSPS) is 13.3. The second-order valence-corrected chi connectivity index (χ2v) is 5.68. The van der Waals surface area contributed by atoms with E-state index >= 15 is 0 Å². The maximum Gasteiger partial charge on any atom is 0.522 e. The van der Waals surface area contributed by atoms with Crippen molar-refractivity contribution in [1.82, 2.24) is 0 Å². The van der Waals surface area contributed by atoms with Crippen LogP contribution in [0.4, 0.5) is 13.2 Å². The van der Waals surface area contributed by atoms with Crippen molar-refractivity contribution in [2.45, 2.75) is 37.6 Å². The van der Waals surface area contributed by atoms with E-state index in [2.05, 4.69) is 10.5 Å². The number of ether oxygens (including phenoxy) is 1. The molecule has 0 fully saturated rings. The first-order chi connectivity index (χ1) is 9.45. The van der Waals surface area contributed by atoms with Crippen LogP contribution in [0.25, 0.3) is 0 Å². The lowest BCUT2D eigenvalue weighted by Crippen LogP contribution is -2.63. The zero-order valence-electron chi connectivity index (χ0n) is 11.7. The molecule has 1 aromatic carbocycles. The molecule has 9 heteroatoms. The van der Waals surface area contributed by atoms with E-state index in [-0.39, 0.29) is 17.5 Å². The third kappa shape index (κ3) is 10.2. The first-order valence-electron chi connectivity index (χ1n) is 6.02. The summed E-state index contributed by atoms with van der Waals surface area (Å²) in [4.78, 5) is -0.178. The van der Waals surface area contributed by atoms with Crippen LogP contribution in [-0.2, 0) is 14.9 Å². The topological polar surface area (TPSA) is 94.1 Å². The lowest BCUT2D eigenvalue weighted by Gasteiger charge is -2.08. The zero-order chi connectivity index (χ0) is 16.7. The number of hydrogen-bond donors (Lipinski definition) is 1. The van der Waals surface area contributed by atoms with E-state index in [1.807, 2.05) is 6.92 Å². The molecule has 0 saturated carbocycles. The Morgan fingerprint density at radius 2 is 1.76 bits per heavy atom. The Kier molecular flexibility index (Phi) is 7.86. The second kappa shape index (κ2) is 8.32. The molecule has 1 aromatic rings. The molecule has 0 aliphatic rings. The van der Waals surface area contributed by atoms with Crippen molar-refractivity contribution < 1.29 is 36.6 Å². The maximum absolute atomic E-state index is 11.3. The average Bonchev–Trinajstić information content (AvgIpc) is 2.35. The van der Waals surface area contributed by atoms with Crippen molar-refractivity contribution in [3.63, 3.8) is 0 Å². The Hall–Kier alpha value is -1.16. The number of benzene rings is 1. The van der Waals surface area contributed by atoms with E-state index in [1.165, 1.54) is 12.1 Å². The summed E-state index contributed by atoms with van der Waals surface area (Å²) in [6.07, 6.45) is -3.92. The summed E-state index contributed by atoms with van der Waals surface area (Å²) in [5.74, 6) is 0. The summed E-state index contributed by atoms with van der Waals surface area (Å²) in [5, 5.41) is 0. The largest absolute Gasteiger partial charge is 0.744 e. The Labute approximate surface area is 121 Å². The first kappa shape index (κ1) is 19.8. The van der Waals surface area contributed by atoms with Crippen LogP contribution >= 0.6 is 0 Å². The highest BCUT2D eigenvalue weighted by atomic mass is 32.2. The molecule has 0 aliphatic carbocycles. The minimum Gasteiger partial charge on any atom is -0.744 e. The zero-order valence-corrected chi connectivity index (χ0v) is 12.5. The molecule has 1 atom stereocenters. The fourth-order valence-corrected chi connectivity index (χ4v) is 1.50. The van der Waals surface area contributed by atoms with Gasteiger partial charge in [0.15, 0.2) is 0 Å². The van der Waals surface area contributed by atoms with Gasteiger partial charge in [0, 0.05) is 0 Å². The first-order valence-corrected chi connectivity index (χ1v) is 7.43. The fourth-order valence-electron chi connectivity index (χ4n) is 1.04. The highest BCUT2D eigenvalue weighted by molar-refractivity contribution is 7.85. The Balaban J connectivity index is 0.000000384. The number of halogens is 3. The molecule has 3 N–H and O–H groups in total. The fraction of sp³-hybridized carbons (Fsp3) is 0.500. The number of hydrogen-bond acceptors (Lipinski definition) is 4. The molecular formula is C12H18F3NO4S. The Bertz CT molecular complexity index is 514. The van der Waals surface area contributed by atoms with Crippen molar-refractivity contribution in [2.24, 2.45) is 0 Å². The van der Waals surface area contributed by atoms with Gasteiger partial charge >= 0.3 is 6.36 Å². The predicted octanol–water partition coefficient (Wildman–Crippen LogP) is 1.44. The maximum atomic E-state index is 11.3. The van der Waals surface area contributed by atoms with Gasteiger partial charge in [0.1, 0.15) is 22.8 Å². The highest BCUT2D eigenvalue weighted by Crippen LogP contribution is 2.15. The predicted molar refractivity (Wildman–Crippen MR) is 68.1 cm³/mol. The molecule has 5 nitrogen and oxygen atoms in total. The summed E-state index contributed by atoms with van der Waals surface area (Å²) in [6, 6.07) is 5.51. The van der Waals surface area contributed by atoms with Gasteiger partial charge in [-0.15, -0.1) is 13.2 Å². The molecule has 122 valence electrons. The van der Waals surface area contributed by atoms with E-state index in [1.54, 1.807) is 19.1 Å². The summed E-state index contributed by atoms with van der Waals surface area (Å²) < 4.78 is 68.6. The van der Waals surface area contributed by atoms with E-state index in [0.717, 1.165) is 5.56 Å². The quantitative estimate of drug-likeness (QED) is 0.846. The van der Waals surface area contributed by atoms with Gasteiger partial charge in [-0.25, -0.2) is 8.42 Å². The molecule has 0 saturated heterocycles. The van der Waals surface area contributed by atoms with Gasteiger partial charge in [0.2, 0.25) is 0 Å². The molecule has 1 unspecified atom stereocenters. The number of alkyl halides is 3. The van der Waals surface area contributed by atoms with Crippen LogP contribution < -0.4 is 5.73 Å². The van der Waals surface area contributed by atoms with E-state index < -0.39 is 16.5 Å². The van der Waals surface area contributed by atoms with Crippen molar-refractivity contribution in [3.05, 3.63) is 29.8 Å². The molecule has 0 spiro atoms. The monoisotopic (exact) mass is 329 g/mol. The summed E-state index contributed by atoms with van der Waals surface area (Å²) in [6.45, 7) is 3.23. The average molecular weight is 329 g/mol. The van der Waals surface area contributed by atoms with Crippen LogP contribution in [0.2, 0.25) is 0 Å². The van der Waals surface area contributed by atoms with Crippen molar-refractivity contribution in [2.75, 3.05) is 6.61 Å². The van der Waals surface area contributed by atoms with Gasteiger partial charge in [0.25, 0.3) is 0 Å². The van der Waals surface area contributed by atoms with Crippen molar-refractivity contribution in [1.29, 1.82) is 0 Å². The van der Waals surface area contributed by atoms with Gasteiger partial charge in [-0.2, -0.15) is 0 Å². The summed E-state index contributed by atoms with van der Waals surface area (Å²) in [5.41, 5.74) is 4.36. The SMILES string of the molecule is CCC([NH3+])COC(F)(F)F.Cc1ccc(S(=O)(=O)[O-])cc1. The number of quaternary nitrogens is 1. The molecular weight excluding hydrogens is 311 g/mol. The van der Waals surface area contributed by atoms with Crippen molar-refractivity contribution in [3.8, 4) is 0 Å². The lowest BCUT2D eigenvalue weighted by atomic mass is 10.2. The van der Waals surface area contributed by atoms with Gasteiger partial charge in [-0.05, 0) is 25.5 Å². The second-order valence-electron chi connectivity index (χ2n) is 4.30. The van der Waals surface area contributed by atoms with Crippen molar-refractivity contribution >= 4 is 10.1 Å². The van der Waals surface area contributed by atoms with Crippen LogP contribution in [0.1, 0.15) is 18.9 Å². The van der Waals surface area contributed by atoms with E-state index in [4.69, 9.17) is 0 Å². The van der Waals surface area contributed by atoms with E-state index in [0.29, 0.717) is 6.42 Å². The summed E-state index contributed by atoms with van der Waals surface area (Å²) >= 11 is 0. The van der Waals surface area contributed by atoms with Gasteiger partial charge in [-0.1, -0.05) is 24.6 Å². The Morgan fingerprint density at radius 3 is 2.10 bits per heavy atom. The molecule has 0 bridgehead atoms.